The first-order valence-electron chi connectivity index (χ1n) is 18.0. The molecule has 0 atom stereocenters. The Morgan fingerprint density at radius 2 is 0.765 bits per heavy atom. The van der Waals surface area contributed by atoms with Gasteiger partial charge in [0.05, 0.1) is 5.69 Å². The van der Waals surface area contributed by atoms with Gasteiger partial charge >= 0.3 is 0 Å². The van der Waals surface area contributed by atoms with E-state index in [0.717, 1.165) is 0 Å². The minimum atomic E-state index is 0.0816. The highest BCUT2D eigenvalue weighted by Crippen LogP contribution is 2.48. The second kappa shape index (κ2) is 11.9. The van der Waals surface area contributed by atoms with Crippen LogP contribution in [0.25, 0.3) is 22.3 Å². The summed E-state index contributed by atoms with van der Waals surface area (Å²) in [5.74, 6) is 0. The standard InChI is InChI=1S/C48H41BN2/c1-30-7-16-36(17-8-30)38-28-46-48-47(29-38)51(43-22-13-33(4)25-40(43)37-18-9-31(2)10-19-37)45-24-15-35(6)27-42(45)49(48)41-26-34(5)14-23-44(41)50(46)39-20-11-32(3)12-21-39/h7-29H,1-6H3. The maximum absolute atomic E-state index is 2.56. The molecule has 2 aliphatic rings. The lowest BCUT2D eigenvalue weighted by Crippen LogP contribution is -2.61. The van der Waals surface area contributed by atoms with E-state index in [1.54, 1.807) is 0 Å². The molecule has 0 unspecified atom stereocenters. The van der Waals surface area contributed by atoms with Gasteiger partial charge in [-0.25, -0.2) is 0 Å². The van der Waals surface area contributed by atoms with Gasteiger partial charge in [-0.3, -0.25) is 0 Å². The molecule has 3 heteroatoms. The van der Waals surface area contributed by atoms with Crippen LogP contribution in [-0.2, 0) is 0 Å². The highest BCUT2D eigenvalue weighted by molar-refractivity contribution is 7.00. The van der Waals surface area contributed by atoms with Gasteiger partial charge in [0.2, 0.25) is 0 Å². The fourth-order valence-corrected chi connectivity index (χ4v) is 8.20. The van der Waals surface area contributed by atoms with Gasteiger partial charge in [-0.05, 0) is 123 Å². The van der Waals surface area contributed by atoms with Crippen LogP contribution >= 0.6 is 0 Å². The largest absolute Gasteiger partial charge is 0.311 e. The molecule has 51 heavy (non-hydrogen) atoms. The predicted octanol–water partition coefficient (Wildman–Crippen LogP) is 11.0. The second-order valence-electron chi connectivity index (χ2n) is 14.7. The van der Waals surface area contributed by atoms with E-state index in [4.69, 9.17) is 0 Å². The summed E-state index contributed by atoms with van der Waals surface area (Å²) in [6.07, 6.45) is 0. The summed E-state index contributed by atoms with van der Waals surface area (Å²) in [6.45, 7) is 13.2. The summed E-state index contributed by atoms with van der Waals surface area (Å²) >= 11 is 0. The fourth-order valence-electron chi connectivity index (χ4n) is 8.20. The molecule has 2 nitrogen and oxygen atoms in total. The lowest BCUT2D eigenvalue weighted by molar-refractivity contribution is 1.24. The van der Waals surface area contributed by atoms with E-state index in [2.05, 4.69) is 191 Å². The molecule has 9 rings (SSSR count). The molecule has 0 saturated carbocycles. The molecule has 0 fully saturated rings. The number of fused-ring (bicyclic) bond motifs is 4. The van der Waals surface area contributed by atoms with Crippen molar-refractivity contribution < 1.29 is 0 Å². The Hall–Kier alpha value is -5.80. The molecule has 7 aromatic rings. The van der Waals surface area contributed by atoms with Crippen LogP contribution in [-0.4, -0.2) is 6.71 Å². The number of rotatable bonds is 4. The Morgan fingerprint density at radius 1 is 0.333 bits per heavy atom. The van der Waals surface area contributed by atoms with E-state index in [1.807, 2.05) is 0 Å². The lowest BCUT2D eigenvalue weighted by atomic mass is 9.33. The molecule has 0 amide bonds. The van der Waals surface area contributed by atoms with Gasteiger partial charge in [0, 0.05) is 34.0 Å². The zero-order valence-corrected chi connectivity index (χ0v) is 30.3. The number of hydrogen-bond acceptors (Lipinski definition) is 2. The molecule has 7 aromatic carbocycles. The van der Waals surface area contributed by atoms with Crippen molar-refractivity contribution in [3.05, 3.63) is 173 Å². The summed E-state index contributed by atoms with van der Waals surface area (Å²) in [7, 11) is 0. The minimum Gasteiger partial charge on any atom is -0.311 e. The summed E-state index contributed by atoms with van der Waals surface area (Å²) in [5, 5.41) is 0. The summed E-state index contributed by atoms with van der Waals surface area (Å²) in [6, 6.07) is 52.9. The molecular weight excluding hydrogens is 615 g/mol. The fraction of sp³-hybridized carbons (Fsp3) is 0.125. The Kier molecular flexibility index (Phi) is 7.29. The van der Waals surface area contributed by atoms with E-state index in [0.29, 0.717) is 0 Å². The number of anilines is 6. The smallest absolute Gasteiger partial charge is 0.252 e. The van der Waals surface area contributed by atoms with E-state index in [1.165, 1.54) is 106 Å². The van der Waals surface area contributed by atoms with Crippen molar-refractivity contribution in [3.63, 3.8) is 0 Å². The van der Waals surface area contributed by atoms with E-state index in [9.17, 15) is 0 Å². The molecule has 0 aliphatic carbocycles. The first kappa shape index (κ1) is 31.2. The van der Waals surface area contributed by atoms with Crippen LogP contribution in [0, 0.1) is 41.5 Å². The topological polar surface area (TPSA) is 6.48 Å². The normalized spacial score (nSPS) is 12.8. The zero-order chi connectivity index (χ0) is 35.0. The van der Waals surface area contributed by atoms with Crippen molar-refractivity contribution >= 4 is 57.2 Å². The third-order valence-corrected chi connectivity index (χ3v) is 10.8. The quantitative estimate of drug-likeness (QED) is 0.174. The molecule has 246 valence electrons. The van der Waals surface area contributed by atoms with Gasteiger partial charge in [-0.2, -0.15) is 0 Å². The van der Waals surface area contributed by atoms with Crippen LogP contribution in [0.3, 0.4) is 0 Å². The highest BCUT2D eigenvalue weighted by atomic mass is 15.2. The number of benzene rings is 7. The molecular formula is C48H41BN2. The van der Waals surface area contributed by atoms with Crippen LogP contribution in [0.4, 0.5) is 34.1 Å². The van der Waals surface area contributed by atoms with E-state index < -0.39 is 0 Å². The van der Waals surface area contributed by atoms with Crippen LogP contribution in [0.5, 0.6) is 0 Å². The summed E-state index contributed by atoms with van der Waals surface area (Å²) < 4.78 is 0. The van der Waals surface area contributed by atoms with Crippen molar-refractivity contribution in [2.45, 2.75) is 41.5 Å². The summed E-state index contributed by atoms with van der Waals surface area (Å²) in [5.41, 5.74) is 23.8. The molecule has 0 radical (unpaired) electrons. The SMILES string of the molecule is Cc1ccc(-c2cc3c4c(c2)N(c2ccc(C)cc2-c2ccc(C)cc2)c2ccc(C)cc2B4c2cc(C)ccc2N3c2ccc(C)cc2)cc1. The average Bonchev–Trinajstić information content (AvgIpc) is 3.13. The van der Waals surface area contributed by atoms with E-state index >= 15 is 0 Å². The van der Waals surface area contributed by atoms with Crippen LogP contribution in [0.15, 0.2) is 140 Å². The number of nitrogens with zero attached hydrogens (tertiary/aromatic N) is 2. The Bertz CT molecular complexity index is 2480. The maximum atomic E-state index is 2.56. The summed E-state index contributed by atoms with van der Waals surface area (Å²) in [4.78, 5) is 5.07. The molecule has 2 heterocycles. The Balaban J connectivity index is 1.42. The lowest BCUT2D eigenvalue weighted by Gasteiger charge is -2.45. The van der Waals surface area contributed by atoms with Gasteiger partial charge in [0.15, 0.2) is 0 Å². The maximum Gasteiger partial charge on any atom is 0.252 e. The second-order valence-corrected chi connectivity index (χ2v) is 14.7. The third kappa shape index (κ3) is 5.19. The Morgan fingerprint density at radius 3 is 1.33 bits per heavy atom. The van der Waals surface area contributed by atoms with Crippen molar-refractivity contribution in [2.75, 3.05) is 9.80 Å². The van der Waals surface area contributed by atoms with Crippen molar-refractivity contribution in [1.29, 1.82) is 0 Å². The van der Waals surface area contributed by atoms with Crippen molar-refractivity contribution in [1.82, 2.24) is 0 Å². The molecule has 2 aliphatic heterocycles. The van der Waals surface area contributed by atoms with Gasteiger partial charge < -0.3 is 9.80 Å². The van der Waals surface area contributed by atoms with Gasteiger partial charge in [-0.1, -0.05) is 124 Å². The highest BCUT2D eigenvalue weighted by Gasteiger charge is 2.44. The molecule has 0 saturated heterocycles. The first-order valence-corrected chi connectivity index (χ1v) is 18.0. The third-order valence-electron chi connectivity index (χ3n) is 10.8. The van der Waals surface area contributed by atoms with E-state index in [-0.39, 0.29) is 6.71 Å². The molecule has 0 spiro atoms. The average molecular weight is 657 g/mol. The predicted molar refractivity (Wildman–Crippen MR) is 220 cm³/mol. The molecule has 0 N–H and O–H groups in total. The van der Waals surface area contributed by atoms with Crippen LogP contribution in [0.2, 0.25) is 0 Å². The number of hydrogen-bond donors (Lipinski definition) is 0. The molecule has 0 aromatic heterocycles. The number of aryl methyl sites for hydroxylation is 6. The minimum absolute atomic E-state index is 0.0816. The van der Waals surface area contributed by atoms with Crippen molar-refractivity contribution in [3.8, 4) is 22.3 Å². The van der Waals surface area contributed by atoms with Gasteiger partial charge in [-0.15, -0.1) is 0 Å². The van der Waals surface area contributed by atoms with Crippen LogP contribution < -0.4 is 26.2 Å². The Labute approximate surface area is 302 Å². The monoisotopic (exact) mass is 656 g/mol. The molecule has 0 bridgehead atoms. The van der Waals surface area contributed by atoms with Gasteiger partial charge in [0.1, 0.15) is 0 Å². The first-order chi connectivity index (χ1) is 24.7. The van der Waals surface area contributed by atoms with Gasteiger partial charge in [0.25, 0.3) is 6.71 Å². The van der Waals surface area contributed by atoms with Crippen LogP contribution in [0.1, 0.15) is 33.4 Å². The van der Waals surface area contributed by atoms with Crippen molar-refractivity contribution in [2.24, 2.45) is 0 Å². The zero-order valence-electron chi connectivity index (χ0n) is 30.3.